The Morgan fingerprint density at radius 2 is 1.75 bits per heavy atom. The summed E-state index contributed by atoms with van der Waals surface area (Å²) in [5.41, 5.74) is 2.22. The number of pyridine rings is 1. The van der Waals surface area contributed by atoms with Crippen LogP contribution in [0.2, 0.25) is 0 Å². The third-order valence-electron chi connectivity index (χ3n) is 6.24. The lowest BCUT2D eigenvalue weighted by atomic mass is 9.85. The van der Waals surface area contributed by atoms with Crippen LogP contribution in [0.15, 0.2) is 59.5 Å². The van der Waals surface area contributed by atoms with Crippen LogP contribution in [-0.4, -0.2) is 31.0 Å². The number of hydrogen-bond donors (Lipinski definition) is 1. The first-order valence-corrected chi connectivity index (χ1v) is 13.8. The molecule has 0 aliphatic heterocycles. The van der Waals surface area contributed by atoms with Gasteiger partial charge in [-0.3, -0.25) is 9.78 Å². The third-order valence-corrected chi connectivity index (χ3v) is 7.75. The zero-order valence-corrected chi connectivity index (χ0v) is 22.1. The van der Waals surface area contributed by atoms with Gasteiger partial charge in [0.25, 0.3) is 0 Å². The lowest BCUT2D eigenvalue weighted by molar-refractivity contribution is -0.161. The van der Waals surface area contributed by atoms with Gasteiger partial charge in [0.2, 0.25) is 10.0 Å². The van der Waals surface area contributed by atoms with Crippen molar-refractivity contribution < 1.29 is 22.7 Å². The molecule has 1 saturated carbocycles. The van der Waals surface area contributed by atoms with Crippen molar-refractivity contribution in [1.82, 2.24) is 9.71 Å². The fraction of sp³-hybridized carbons (Fsp3) is 0.429. The van der Waals surface area contributed by atoms with Crippen molar-refractivity contribution in [3.05, 3.63) is 65.9 Å². The second-order valence-electron chi connectivity index (χ2n) is 10.4. The average Bonchev–Trinajstić information content (AvgIpc) is 2.81. The highest BCUT2D eigenvalue weighted by molar-refractivity contribution is 7.89. The predicted octanol–water partition coefficient (Wildman–Crippen LogP) is 5.30. The van der Waals surface area contributed by atoms with Crippen LogP contribution < -0.4 is 9.46 Å². The first kappa shape index (κ1) is 26.1. The van der Waals surface area contributed by atoms with Gasteiger partial charge >= 0.3 is 5.97 Å². The number of aromatic nitrogens is 1. The second-order valence-corrected chi connectivity index (χ2v) is 12.1. The Balaban J connectivity index is 1.44. The van der Waals surface area contributed by atoms with Gasteiger partial charge in [-0.05, 0) is 76.9 Å². The standard InChI is InChI=1S/C28H34N2O5S/c1-19-17-20(23-9-5-7-11-25(23)29-19)18-34-21-13-15-22(16-14-21)36(32,33)30-26-12-8-6-10-24(26)27(31)35-28(2,3)4/h5,7,9,11,13-17,24,26,30H,6,8,10,12,18H2,1-4H3/t24-,26-/m1/s1. The molecule has 4 rings (SSSR count). The maximum absolute atomic E-state index is 13.1. The maximum Gasteiger partial charge on any atom is 0.311 e. The van der Waals surface area contributed by atoms with Gasteiger partial charge in [0, 0.05) is 22.7 Å². The van der Waals surface area contributed by atoms with Gasteiger partial charge in [-0.2, -0.15) is 0 Å². The number of rotatable bonds is 7. The monoisotopic (exact) mass is 510 g/mol. The number of para-hydroxylation sites is 1. The number of nitrogens with zero attached hydrogens (tertiary/aromatic N) is 1. The highest BCUT2D eigenvalue weighted by Crippen LogP contribution is 2.29. The smallest absolute Gasteiger partial charge is 0.311 e. The van der Waals surface area contributed by atoms with Crippen molar-refractivity contribution in [3.63, 3.8) is 0 Å². The molecule has 0 amide bonds. The Morgan fingerprint density at radius 3 is 2.47 bits per heavy atom. The van der Waals surface area contributed by atoms with E-state index in [9.17, 15) is 13.2 Å². The lowest BCUT2D eigenvalue weighted by Gasteiger charge is -2.32. The maximum atomic E-state index is 13.1. The van der Waals surface area contributed by atoms with Crippen molar-refractivity contribution in [2.45, 2.75) is 76.5 Å². The molecule has 192 valence electrons. The van der Waals surface area contributed by atoms with Crippen molar-refractivity contribution in [1.29, 1.82) is 0 Å². The molecule has 3 aromatic rings. The molecular formula is C28H34N2O5S. The average molecular weight is 511 g/mol. The Hall–Kier alpha value is -2.97. The first-order chi connectivity index (χ1) is 17.0. The molecular weight excluding hydrogens is 476 g/mol. The Bertz CT molecular complexity index is 1330. The summed E-state index contributed by atoms with van der Waals surface area (Å²) in [6.07, 6.45) is 2.95. The van der Waals surface area contributed by atoms with E-state index in [1.54, 1.807) is 12.1 Å². The number of aryl methyl sites for hydroxylation is 1. The van der Waals surface area contributed by atoms with E-state index in [0.717, 1.165) is 35.0 Å². The van der Waals surface area contributed by atoms with Crippen LogP contribution in [-0.2, 0) is 26.2 Å². The van der Waals surface area contributed by atoms with Gasteiger partial charge in [0.15, 0.2) is 0 Å². The van der Waals surface area contributed by atoms with Gasteiger partial charge in [0.1, 0.15) is 18.0 Å². The first-order valence-electron chi connectivity index (χ1n) is 12.4. The summed E-state index contributed by atoms with van der Waals surface area (Å²) in [5, 5.41) is 1.03. The molecule has 2 atom stereocenters. The minimum absolute atomic E-state index is 0.133. The molecule has 1 aromatic heterocycles. The SMILES string of the molecule is Cc1cc(COc2ccc(S(=O)(=O)N[C@@H]3CCCC[C@H]3C(=O)OC(C)(C)C)cc2)c2ccccc2n1. The van der Waals surface area contributed by atoms with Crippen LogP contribution in [0, 0.1) is 12.8 Å². The van der Waals surface area contributed by atoms with Gasteiger partial charge in [-0.25, -0.2) is 13.1 Å². The van der Waals surface area contributed by atoms with Crippen LogP contribution in [0.1, 0.15) is 57.7 Å². The molecule has 0 spiro atoms. The van der Waals surface area contributed by atoms with Crippen LogP contribution >= 0.6 is 0 Å². The Kier molecular flexibility index (Phi) is 7.66. The number of nitrogens with one attached hydrogen (secondary N) is 1. The van der Waals surface area contributed by atoms with E-state index >= 15 is 0 Å². The van der Waals surface area contributed by atoms with Crippen molar-refractivity contribution in [2.75, 3.05) is 0 Å². The van der Waals surface area contributed by atoms with Gasteiger partial charge in [-0.1, -0.05) is 31.0 Å². The Labute approximate surface area is 213 Å². The summed E-state index contributed by atoms with van der Waals surface area (Å²) < 4.78 is 40.5. The van der Waals surface area contributed by atoms with E-state index in [1.165, 1.54) is 12.1 Å². The van der Waals surface area contributed by atoms with E-state index in [-0.39, 0.29) is 10.9 Å². The fourth-order valence-corrected chi connectivity index (χ4v) is 5.90. The molecule has 1 heterocycles. The van der Waals surface area contributed by atoms with Crippen molar-refractivity contribution in [3.8, 4) is 5.75 Å². The van der Waals surface area contributed by atoms with Gasteiger partial charge in [-0.15, -0.1) is 0 Å². The Morgan fingerprint density at radius 1 is 1.06 bits per heavy atom. The minimum atomic E-state index is -3.81. The number of hydrogen-bond acceptors (Lipinski definition) is 6. The quantitative estimate of drug-likeness (QED) is 0.434. The van der Waals surface area contributed by atoms with Crippen LogP contribution in [0.3, 0.4) is 0 Å². The molecule has 0 unspecified atom stereocenters. The zero-order chi connectivity index (χ0) is 25.9. The molecule has 1 aliphatic carbocycles. The molecule has 2 aromatic carbocycles. The van der Waals surface area contributed by atoms with Gasteiger partial charge < -0.3 is 9.47 Å². The number of sulfonamides is 1. The largest absolute Gasteiger partial charge is 0.489 e. The number of esters is 1. The minimum Gasteiger partial charge on any atom is -0.489 e. The predicted molar refractivity (Wildman–Crippen MR) is 139 cm³/mol. The molecule has 36 heavy (non-hydrogen) atoms. The number of carbonyl (C=O) groups excluding carboxylic acids is 1. The molecule has 7 nitrogen and oxygen atoms in total. The molecule has 0 bridgehead atoms. The number of fused-ring (bicyclic) bond motifs is 1. The van der Waals surface area contributed by atoms with E-state index in [0.29, 0.717) is 25.2 Å². The molecule has 0 radical (unpaired) electrons. The third kappa shape index (κ3) is 6.42. The van der Waals surface area contributed by atoms with E-state index in [2.05, 4.69) is 9.71 Å². The van der Waals surface area contributed by atoms with Crippen LogP contribution in [0.4, 0.5) is 0 Å². The van der Waals surface area contributed by atoms with Gasteiger partial charge in [0.05, 0.1) is 16.3 Å². The molecule has 1 aliphatic rings. The van der Waals surface area contributed by atoms with E-state index in [1.807, 2.05) is 58.0 Å². The summed E-state index contributed by atoms with van der Waals surface area (Å²) in [7, 11) is -3.81. The summed E-state index contributed by atoms with van der Waals surface area (Å²) in [4.78, 5) is 17.4. The summed E-state index contributed by atoms with van der Waals surface area (Å²) >= 11 is 0. The van der Waals surface area contributed by atoms with Crippen molar-refractivity contribution >= 4 is 26.9 Å². The zero-order valence-electron chi connectivity index (χ0n) is 21.3. The fourth-order valence-electron chi connectivity index (χ4n) is 4.59. The van der Waals surface area contributed by atoms with E-state index < -0.39 is 27.6 Å². The highest BCUT2D eigenvalue weighted by atomic mass is 32.2. The van der Waals surface area contributed by atoms with Crippen LogP contribution in [0.5, 0.6) is 5.75 Å². The molecule has 8 heteroatoms. The lowest BCUT2D eigenvalue weighted by Crippen LogP contribution is -2.46. The summed E-state index contributed by atoms with van der Waals surface area (Å²) in [6.45, 7) is 7.73. The number of ether oxygens (including phenoxy) is 2. The highest BCUT2D eigenvalue weighted by Gasteiger charge is 2.36. The topological polar surface area (TPSA) is 94.6 Å². The normalized spacial score (nSPS) is 18.7. The molecule has 0 saturated heterocycles. The van der Waals surface area contributed by atoms with Crippen molar-refractivity contribution in [2.24, 2.45) is 5.92 Å². The summed E-state index contributed by atoms with van der Waals surface area (Å²) in [5.74, 6) is -0.275. The molecule has 1 N–H and O–H groups in total. The molecule has 1 fully saturated rings. The van der Waals surface area contributed by atoms with Crippen LogP contribution in [0.25, 0.3) is 10.9 Å². The second kappa shape index (κ2) is 10.6. The number of carbonyl (C=O) groups is 1. The summed E-state index contributed by atoms with van der Waals surface area (Å²) in [6, 6.07) is 15.8. The van der Waals surface area contributed by atoms with E-state index in [4.69, 9.17) is 9.47 Å². The number of benzene rings is 2.